The first-order chi connectivity index (χ1) is 16.7. The van der Waals surface area contributed by atoms with Crippen molar-refractivity contribution in [3.05, 3.63) is 86.7 Å². The van der Waals surface area contributed by atoms with E-state index in [-0.39, 0.29) is 28.9 Å². The molecule has 2 heterocycles. The summed E-state index contributed by atoms with van der Waals surface area (Å²) in [6, 6.07) is 10.2. The molecular formula is C22H17N5O8. The van der Waals surface area contributed by atoms with E-state index in [9.17, 15) is 29.6 Å². The SMILES string of the molecule is COc1ccc(NC(=O)OCc2cn(-c3cc4cc(C(=O)O)c(=O)[nH]c4cc3[N+](=O)[O-])cn2)cc1. The van der Waals surface area contributed by atoms with E-state index in [4.69, 9.17) is 9.47 Å². The van der Waals surface area contributed by atoms with Gasteiger partial charge in [0.05, 0.1) is 29.6 Å². The molecule has 178 valence electrons. The maximum atomic E-state index is 12.1. The standard InChI is InChI=1S/C22H17N5O8/c1-34-15-4-2-13(3-5-15)24-22(31)35-10-14-9-26(11-23-14)18-7-12-6-16(21(29)30)20(28)25-17(12)8-19(18)27(32)33/h2-9,11H,10H2,1H3,(H,24,31)(H,25,28)(H,29,30). The number of aromatic nitrogens is 3. The Labute approximate surface area is 195 Å². The van der Waals surface area contributed by atoms with Crippen molar-refractivity contribution in [3.63, 3.8) is 0 Å². The number of pyridine rings is 1. The maximum absolute atomic E-state index is 12.1. The van der Waals surface area contributed by atoms with E-state index in [0.29, 0.717) is 17.1 Å². The predicted octanol–water partition coefficient (Wildman–Crippen LogP) is 3.08. The smallest absolute Gasteiger partial charge is 0.412 e. The van der Waals surface area contributed by atoms with Gasteiger partial charge in [-0.05, 0) is 36.4 Å². The highest BCUT2D eigenvalue weighted by molar-refractivity contribution is 5.94. The molecule has 35 heavy (non-hydrogen) atoms. The fourth-order valence-electron chi connectivity index (χ4n) is 3.28. The van der Waals surface area contributed by atoms with Crippen LogP contribution in [-0.4, -0.2) is 43.7 Å². The van der Waals surface area contributed by atoms with Crippen molar-refractivity contribution in [1.29, 1.82) is 0 Å². The van der Waals surface area contributed by atoms with E-state index in [2.05, 4.69) is 15.3 Å². The van der Waals surface area contributed by atoms with E-state index in [1.165, 1.54) is 30.3 Å². The third-order valence-corrected chi connectivity index (χ3v) is 4.97. The Hall–Kier alpha value is -5.20. The van der Waals surface area contributed by atoms with Crippen LogP contribution in [0.2, 0.25) is 0 Å². The van der Waals surface area contributed by atoms with Gasteiger partial charge in [-0.3, -0.25) is 24.8 Å². The number of imidazole rings is 1. The third-order valence-electron chi connectivity index (χ3n) is 4.97. The minimum Gasteiger partial charge on any atom is -0.497 e. The number of aromatic amines is 1. The Bertz CT molecular complexity index is 1510. The predicted molar refractivity (Wildman–Crippen MR) is 122 cm³/mol. The largest absolute Gasteiger partial charge is 0.497 e. The Kier molecular flexibility index (Phi) is 6.14. The molecule has 0 bridgehead atoms. The summed E-state index contributed by atoms with van der Waals surface area (Å²) in [5, 5.41) is 23.6. The van der Waals surface area contributed by atoms with Crippen molar-refractivity contribution in [1.82, 2.24) is 14.5 Å². The van der Waals surface area contributed by atoms with Crippen LogP contribution in [0.4, 0.5) is 16.2 Å². The minimum atomic E-state index is -1.43. The molecular weight excluding hydrogens is 462 g/mol. The lowest BCUT2D eigenvalue weighted by molar-refractivity contribution is -0.384. The van der Waals surface area contributed by atoms with Crippen molar-refractivity contribution in [3.8, 4) is 11.4 Å². The molecule has 3 N–H and O–H groups in total. The van der Waals surface area contributed by atoms with Crippen molar-refractivity contribution < 1.29 is 29.1 Å². The lowest BCUT2D eigenvalue weighted by Crippen LogP contribution is -2.17. The highest BCUT2D eigenvalue weighted by Gasteiger charge is 2.20. The van der Waals surface area contributed by atoms with Gasteiger partial charge in [0.15, 0.2) is 0 Å². The average molecular weight is 479 g/mol. The van der Waals surface area contributed by atoms with E-state index in [1.54, 1.807) is 24.3 Å². The number of H-pyrrole nitrogens is 1. The normalized spacial score (nSPS) is 10.7. The lowest BCUT2D eigenvalue weighted by atomic mass is 10.1. The quantitative estimate of drug-likeness (QED) is 0.265. The van der Waals surface area contributed by atoms with Crippen molar-refractivity contribution in [2.45, 2.75) is 6.61 Å². The number of carbonyl (C=O) groups excluding carboxylic acids is 1. The number of carboxylic acids is 1. The summed E-state index contributed by atoms with van der Waals surface area (Å²) in [4.78, 5) is 52.7. The number of nitro benzene ring substituents is 1. The maximum Gasteiger partial charge on any atom is 0.412 e. The van der Waals surface area contributed by atoms with E-state index < -0.39 is 28.1 Å². The van der Waals surface area contributed by atoms with Gasteiger partial charge in [0.2, 0.25) is 0 Å². The van der Waals surface area contributed by atoms with Crippen molar-refractivity contribution in [2.24, 2.45) is 0 Å². The summed E-state index contributed by atoms with van der Waals surface area (Å²) in [7, 11) is 1.52. The number of nitrogens with zero attached hydrogens (tertiary/aromatic N) is 3. The fraction of sp³-hybridized carbons (Fsp3) is 0.0909. The number of benzene rings is 2. The van der Waals surface area contributed by atoms with E-state index in [0.717, 1.165) is 12.1 Å². The Balaban J connectivity index is 1.55. The summed E-state index contributed by atoms with van der Waals surface area (Å²) < 4.78 is 11.5. The van der Waals surface area contributed by atoms with Crippen LogP contribution in [0.25, 0.3) is 16.6 Å². The number of aromatic carboxylic acids is 1. The number of nitro groups is 1. The van der Waals surface area contributed by atoms with Crippen LogP contribution in [0.15, 0.2) is 59.8 Å². The van der Waals surface area contributed by atoms with Gasteiger partial charge in [-0.1, -0.05) is 0 Å². The second kappa shape index (κ2) is 9.35. The second-order valence-electron chi connectivity index (χ2n) is 7.20. The highest BCUT2D eigenvalue weighted by atomic mass is 16.6. The number of ether oxygens (including phenoxy) is 2. The van der Waals surface area contributed by atoms with Crippen molar-refractivity contribution >= 4 is 34.3 Å². The van der Waals surface area contributed by atoms with Gasteiger partial charge in [0.25, 0.3) is 11.2 Å². The van der Waals surface area contributed by atoms with E-state index >= 15 is 0 Å². The monoisotopic (exact) mass is 479 g/mol. The second-order valence-corrected chi connectivity index (χ2v) is 7.20. The first kappa shape index (κ1) is 23.0. The molecule has 1 amide bonds. The molecule has 0 spiro atoms. The molecule has 13 heteroatoms. The number of fused-ring (bicyclic) bond motifs is 1. The molecule has 4 rings (SSSR count). The van der Waals surface area contributed by atoms with Crippen LogP contribution >= 0.6 is 0 Å². The number of rotatable bonds is 7. The molecule has 0 saturated carbocycles. The van der Waals surface area contributed by atoms with Gasteiger partial charge >= 0.3 is 12.1 Å². The number of methoxy groups -OCH3 is 1. The highest BCUT2D eigenvalue weighted by Crippen LogP contribution is 2.28. The molecule has 2 aromatic heterocycles. The average Bonchev–Trinajstić information content (AvgIpc) is 3.31. The number of hydrogen-bond donors (Lipinski definition) is 3. The molecule has 2 aromatic carbocycles. The van der Waals surface area contributed by atoms with Gasteiger partial charge in [0, 0.05) is 23.3 Å². The summed E-state index contributed by atoms with van der Waals surface area (Å²) in [5.41, 5.74) is -0.745. The first-order valence-electron chi connectivity index (χ1n) is 9.95. The van der Waals surface area contributed by atoms with Gasteiger partial charge < -0.3 is 19.6 Å². The molecule has 0 unspecified atom stereocenters. The molecule has 0 atom stereocenters. The zero-order valence-electron chi connectivity index (χ0n) is 18.0. The number of anilines is 1. The van der Waals surface area contributed by atoms with Crippen LogP contribution in [0.5, 0.6) is 5.75 Å². The molecule has 0 aliphatic heterocycles. The van der Waals surface area contributed by atoms with Gasteiger partial charge in [-0.2, -0.15) is 0 Å². The topological polar surface area (TPSA) is 179 Å². The number of amides is 1. The summed E-state index contributed by atoms with van der Waals surface area (Å²) in [6.45, 7) is -0.215. The lowest BCUT2D eigenvalue weighted by Gasteiger charge is -2.07. The van der Waals surface area contributed by atoms with Gasteiger partial charge in [-0.15, -0.1) is 0 Å². The number of carbonyl (C=O) groups is 2. The van der Waals surface area contributed by atoms with Gasteiger partial charge in [0.1, 0.15) is 23.6 Å². The summed E-state index contributed by atoms with van der Waals surface area (Å²) in [5.74, 6) is -0.800. The molecule has 4 aromatic rings. The summed E-state index contributed by atoms with van der Waals surface area (Å²) >= 11 is 0. The first-order valence-corrected chi connectivity index (χ1v) is 9.95. The van der Waals surface area contributed by atoms with Crippen LogP contribution < -0.4 is 15.6 Å². The fourth-order valence-corrected chi connectivity index (χ4v) is 3.28. The zero-order chi connectivity index (χ0) is 25.1. The number of nitrogens with one attached hydrogen (secondary N) is 2. The zero-order valence-corrected chi connectivity index (χ0v) is 18.0. The van der Waals surface area contributed by atoms with Crippen LogP contribution in [0, 0.1) is 10.1 Å². The minimum absolute atomic E-state index is 0.0762. The Morgan fingerprint density at radius 1 is 1.23 bits per heavy atom. The third kappa shape index (κ3) is 4.93. The number of carboxylic acid groups (broad SMARTS) is 1. The van der Waals surface area contributed by atoms with Crippen LogP contribution in [0.3, 0.4) is 0 Å². The molecule has 0 saturated heterocycles. The molecule has 0 aliphatic rings. The van der Waals surface area contributed by atoms with Crippen molar-refractivity contribution in [2.75, 3.05) is 12.4 Å². The number of hydrogen-bond acceptors (Lipinski definition) is 8. The molecule has 0 radical (unpaired) electrons. The summed E-state index contributed by atoms with van der Waals surface area (Å²) in [6.07, 6.45) is 1.99. The molecule has 0 aliphatic carbocycles. The van der Waals surface area contributed by atoms with E-state index in [1.807, 2.05) is 0 Å². The Morgan fingerprint density at radius 2 is 1.97 bits per heavy atom. The van der Waals surface area contributed by atoms with Crippen LogP contribution in [0.1, 0.15) is 16.1 Å². The van der Waals surface area contributed by atoms with Gasteiger partial charge in [-0.25, -0.2) is 14.6 Å². The molecule has 0 fully saturated rings. The Morgan fingerprint density at radius 3 is 2.63 bits per heavy atom. The van der Waals surface area contributed by atoms with Crippen LogP contribution in [-0.2, 0) is 11.3 Å². The molecule has 13 nitrogen and oxygen atoms in total.